The largest absolute Gasteiger partial charge is 0.390 e. The van der Waals surface area contributed by atoms with Crippen LogP contribution in [-0.2, 0) is 13.7 Å². The second kappa shape index (κ2) is 5.19. The zero-order valence-electron chi connectivity index (χ0n) is 11.0. The molecule has 0 aliphatic heterocycles. The van der Waals surface area contributed by atoms with Crippen molar-refractivity contribution in [3.63, 3.8) is 0 Å². The first-order valence-electron chi connectivity index (χ1n) is 6.02. The Morgan fingerprint density at radius 2 is 2.14 bits per heavy atom. The van der Waals surface area contributed by atoms with Crippen LogP contribution in [0, 0.1) is 0 Å². The van der Waals surface area contributed by atoms with E-state index < -0.39 is 11.1 Å². The summed E-state index contributed by atoms with van der Waals surface area (Å²) in [5.74, 6) is 0. The Morgan fingerprint density at radius 1 is 1.33 bits per heavy atom. The normalized spacial score (nSPS) is 11.1. The van der Waals surface area contributed by atoms with E-state index in [2.05, 4.69) is 15.1 Å². The molecule has 0 aliphatic rings. The summed E-state index contributed by atoms with van der Waals surface area (Å²) in [4.78, 5) is 30.6. The summed E-state index contributed by atoms with van der Waals surface area (Å²) >= 11 is 1.10. The molecule has 0 saturated carbocycles. The van der Waals surface area contributed by atoms with E-state index in [1.165, 1.54) is 4.68 Å². The molecule has 0 unspecified atom stereocenters. The predicted octanol–water partition coefficient (Wildman–Crippen LogP) is -0.240. The molecule has 0 aliphatic carbocycles. The number of aromatic nitrogens is 5. The molecule has 0 amide bonds. The third kappa shape index (κ3) is 2.36. The van der Waals surface area contributed by atoms with Crippen molar-refractivity contribution < 1.29 is 5.11 Å². The van der Waals surface area contributed by atoms with Crippen molar-refractivity contribution in [1.82, 2.24) is 24.1 Å². The summed E-state index contributed by atoms with van der Waals surface area (Å²) in [6, 6.07) is 5.48. The first kappa shape index (κ1) is 13.6. The number of imidazole rings is 1. The van der Waals surface area contributed by atoms with E-state index in [0.29, 0.717) is 16.4 Å². The lowest BCUT2D eigenvalue weighted by Crippen LogP contribution is -2.33. The number of fused-ring (bicyclic) bond motifs is 1. The molecule has 0 fully saturated rings. The predicted molar refractivity (Wildman–Crippen MR) is 75.3 cm³/mol. The Kier molecular flexibility index (Phi) is 3.35. The fourth-order valence-corrected chi connectivity index (χ4v) is 2.79. The summed E-state index contributed by atoms with van der Waals surface area (Å²) in [5.41, 5.74) is -0.362. The number of hydrogen-bond acceptors (Lipinski definition) is 6. The third-order valence-electron chi connectivity index (χ3n) is 2.88. The minimum absolute atomic E-state index is 0.204. The highest BCUT2D eigenvalue weighted by atomic mass is 32.2. The van der Waals surface area contributed by atoms with E-state index in [0.717, 1.165) is 11.8 Å². The molecule has 8 nitrogen and oxygen atoms in total. The van der Waals surface area contributed by atoms with Crippen molar-refractivity contribution in [1.29, 1.82) is 0 Å². The average Bonchev–Trinajstić information content (AvgIpc) is 2.81. The summed E-state index contributed by atoms with van der Waals surface area (Å²) in [6.07, 6.45) is 1.79. The highest BCUT2D eigenvalue weighted by molar-refractivity contribution is 7.99. The first-order chi connectivity index (χ1) is 10.1. The molecule has 0 atom stereocenters. The van der Waals surface area contributed by atoms with Gasteiger partial charge in [-0.05, 0) is 23.9 Å². The zero-order valence-corrected chi connectivity index (χ0v) is 11.8. The number of hydrogen-bond donors (Lipinski definition) is 2. The van der Waals surface area contributed by atoms with E-state index in [-0.39, 0.29) is 11.8 Å². The lowest BCUT2D eigenvalue weighted by Gasteiger charge is -2.05. The van der Waals surface area contributed by atoms with Crippen LogP contribution in [0.3, 0.4) is 0 Å². The number of nitrogens with zero attached hydrogens (tertiary/aromatic N) is 4. The van der Waals surface area contributed by atoms with Crippen molar-refractivity contribution in [3.05, 3.63) is 50.8 Å². The number of H-pyrrole nitrogens is 1. The third-order valence-corrected chi connectivity index (χ3v) is 3.95. The van der Waals surface area contributed by atoms with Crippen LogP contribution in [-0.4, -0.2) is 29.3 Å². The molecule has 0 saturated heterocycles. The Hall–Kier alpha value is -2.39. The van der Waals surface area contributed by atoms with Gasteiger partial charge in [0.1, 0.15) is 10.7 Å². The first-order valence-corrected chi connectivity index (χ1v) is 6.84. The molecule has 0 bridgehead atoms. The maximum absolute atomic E-state index is 11.4. The number of pyridine rings is 1. The molecule has 3 rings (SSSR count). The summed E-state index contributed by atoms with van der Waals surface area (Å²) in [5, 5.41) is 12.7. The fraction of sp³-hybridized carbons (Fsp3) is 0.167. The molecule has 0 spiro atoms. The van der Waals surface area contributed by atoms with Crippen LogP contribution in [0.5, 0.6) is 0 Å². The highest BCUT2D eigenvalue weighted by Crippen LogP contribution is 2.28. The van der Waals surface area contributed by atoms with Crippen molar-refractivity contribution in [2.75, 3.05) is 0 Å². The molecule has 3 aromatic rings. The van der Waals surface area contributed by atoms with Gasteiger partial charge in [0.25, 0.3) is 0 Å². The van der Waals surface area contributed by atoms with Crippen LogP contribution in [0.2, 0.25) is 0 Å². The number of aliphatic hydroxyl groups excluding tert-OH is 1. The Bertz CT molecular complexity index is 927. The van der Waals surface area contributed by atoms with Gasteiger partial charge in [-0.1, -0.05) is 6.07 Å². The van der Waals surface area contributed by atoms with E-state index >= 15 is 0 Å². The van der Waals surface area contributed by atoms with Gasteiger partial charge in [0.2, 0.25) is 0 Å². The second-order valence-corrected chi connectivity index (χ2v) is 5.21. The van der Waals surface area contributed by atoms with Gasteiger partial charge in [0.05, 0.1) is 12.3 Å². The summed E-state index contributed by atoms with van der Waals surface area (Å²) in [7, 11) is 1.57. The van der Waals surface area contributed by atoms with Gasteiger partial charge in [0.15, 0.2) is 5.16 Å². The molecule has 9 heteroatoms. The van der Waals surface area contributed by atoms with Crippen molar-refractivity contribution >= 4 is 17.4 Å². The smallest absolute Gasteiger partial charge is 0.339 e. The molecular formula is C12H11N5O3S. The number of aliphatic hydroxyl groups is 1. The van der Waals surface area contributed by atoms with Gasteiger partial charge in [0, 0.05) is 13.2 Å². The minimum Gasteiger partial charge on any atom is -0.390 e. The standard InChI is InChI=1S/C12H11N5O3S/c1-16-12(14-9(19)10(20)15-16)21-11-7(6-18)17-5-3-2-4-8(17)13-11/h2-5,18H,6H2,1H3,(H,15,20). The highest BCUT2D eigenvalue weighted by Gasteiger charge is 2.15. The monoisotopic (exact) mass is 305 g/mol. The van der Waals surface area contributed by atoms with E-state index in [4.69, 9.17) is 0 Å². The van der Waals surface area contributed by atoms with Gasteiger partial charge >= 0.3 is 11.1 Å². The topological polar surface area (TPSA) is 105 Å². The van der Waals surface area contributed by atoms with Gasteiger partial charge in [-0.3, -0.25) is 19.4 Å². The van der Waals surface area contributed by atoms with Gasteiger partial charge in [-0.15, -0.1) is 0 Å². The van der Waals surface area contributed by atoms with Crippen LogP contribution >= 0.6 is 11.8 Å². The van der Waals surface area contributed by atoms with Crippen LogP contribution in [0.4, 0.5) is 0 Å². The molecule has 0 aromatic carbocycles. The van der Waals surface area contributed by atoms with Crippen molar-refractivity contribution in [3.8, 4) is 0 Å². The summed E-state index contributed by atoms with van der Waals surface area (Å²) < 4.78 is 3.10. The van der Waals surface area contributed by atoms with E-state index in [9.17, 15) is 14.7 Å². The molecule has 2 N–H and O–H groups in total. The number of aryl methyl sites for hydroxylation is 1. The second-order valence-electron chi connectivity index (χ2n) is 4.25. The Balaban J connectivity index is 2.12. The molecule has 3 heterocycles. The van der Waals surface area contributed by atoms with Crippen molar-refractivity contribution in [2.24, 2.45) is 7.05 Å². The maximum atomic E-state index is 11.4. The van der Waals surface area contributed by atoms with Crippen molar-refractivity contribution in [2.45, 2.75) is 16.8 Å². The molecule has 21 heavy (non-hydrogen) atoms. The van der Waals surface area contributed by atoms with Gasteiger partial charge in [-0.25, -0.2) is 4.98 Å². The van der Waals surface area contributed by atoms with Gasteiger partial charge in [-0.2, -0.15) is 4.98 Å². The maximum Gasteiger partial charge on any atom is 0.339 e. The zero-order chi connectivity index (χ0) is 15.0. The number of rotatable bonds is 3. The molecule has 108 valence electrons. The average molecular weight is 305 g/mol. The molecule has 0 radical (unpaired) electrons. The van der Waals surface area contributed by atoms with E-state index in [1.807, 2.05) is 18.2 Å². The summed E-state index contributed by atoms with van der Waals surface area (Å²) in [6.45, 7) is -0.204. The minimum atomic E-state index is -0.857. The van der Waals surface area contributed by atoms with Crippen LogP contribution < -0.4 is 11.1 Å². The van der Waals surface area contributed by atoms with E-state index in [1.54, 1.807) is 17.6 Å². The van der Waals surface area contributed by atoms with Crippen LogP contribution in [0.1, 0.15) is 5.69 Å². The number of aromatic amines is 1. The van der Waals surface area contributed by atoms with Crippen LogP contribution in [0.25, 0.3) is 5.65 Å². The molecular weight excluding hydrogens is 294 g/mol. The van der Waals surface area contributed by atoms with Crippen LogP contribution in [0.15, 0.2) is 44.2 Å². The Labute approximate surface area is 122 Å². The number of nitrogens with one attached hydrogen (secondary N) is 1. The lowest BCUT2D eigenvalue weighted by molar-refractivity contribution is 0.272. The molecule has 3 aromatic heterocycles. The fourth-order valence-electron chi connectivity index (χ4n) is 1.89. The SMILES string of the molecule is Cn1[nH]c(=O)c(=O)nc1Sc1nc2ccccn2c1CO. The lowest BCUT2D eigenvalue weighted by atomic mass is 10.4. The quantitative estimate of drug-likeness (QED) is 0.647. The Morgan fingerprint density at radius 3 is 2.90 bits per heavy atom. The van der Waals surface area contributed by atoms with Gasteiger partial charge < -0.3 is 9.51 Å².